The van der Waals surface area contributed by atoms with Gasteiger partial charge >= 0.3 is 0 Å². The lowest BCUT2D eigenvalue weighted by molar-refractivity contribution is 0.0536. The molecule has 0 aromatic heterocycles. The molecule has 0 spiro atoms. The molecule has 0 radical (unpaired) electrons. The highest BCUT2D eigenvalue weighted by Gasteiger charge is 2.23. The molecule has 0 saturated carbocycles. The van der Waals surface area contributed by atoms with Gasteiger partial charge in [0, 0.05) is 5.41 Å². The molecule has 0 fully saturated rings. The molecular weight excluding hydrogens is 380 g/mol. The third-order valence-corrected chi connectivity index (χ3v) is 4.71. The highest BCUT2D eigenvalue weighted by Crippen LogP contribution is 2.33. The van der Waals surface area contributed by atoms with Crippen molar-refractivity contribution in [3.05, 3.63) is 66.0 Å². The van der Waals surface area contributed by atoms with Gasteiger partial charge in [-0.1, -0.05) is 44.7 Å². The monoisotopic (exact) mass is 410 g/mol. The molecule has 1 aromatic rings. The number of halogens is 1. The van der Waals surface area contributed by atoms with Crippen LogP contribution in [0.5, 0.6) is 5.75 Å². The quantitative estimate of drug-likeness (QED) is 0.280. The van der Waals surface area contributed by atoms with E-state index in [1.165, 1.54) is 0 Å². The number of alkyl halides is 1. The van der Waals surface area contributed by atoms with Crippen LogP contribution in [0.4, 0.5) is 0 Å². The topological polar surface area (TPSA) is 79.2 Å². The van der Waals surface area contributed by atoms with Crippen molar-refractivity contribution in [2.24, 2.45) is 0 Å². The smallest absolute Gasteiger partial charge is 0.119 e. The van der Waals surface area contributed by atoms with Gasteiger partial charge in [-0.2, -0.15) is 0 Å². The van der Waals surface area contributed by atoms with Gasteiger partial charge in [0.25, 0.3) is 0 Å². The lowest BCUT2D eigenvalue weighted by Gasteiger charge is -2.27. The predicted molar refractivity (Wildman–Crippen MR) is 113 cm³/mol. The summed E-state index contributed by atoms with van der Waals surface area (Å²) in [4.78, 5) is 0. The minimum Gasteiger partial charge on any atom is -0.491 e. The van der Waals surface area contributed by atoms with Gasteiger partial charge in [-0.25, -0.2) is 0 Å². The van der Waals surface area contributed by atoms with E-state index in [0.717, 1.165) is 11.1 Å². The third kappa shape index (κ3) is 7.68. The summed E-state index contributed by atoms with van der Waals surface area (Å²) in [5.74, 6) is 1.19. The van der Waals surface area contributed by atoms with Gasteiger partial charge in [0.2, 0.25) is 0 Å². The van der Waals surface area contributed by atoms with E-state index >= 15 is 0 Å². The Morgan fingerprint density at radius 1 is 1.14 bits per heavy atom. The molecule has 0 aliphatic carbocycles. The number of rotatable bonds is 12. The van der Waals surface area contributed by atoms with Gasteiger partial charge in [-0.05, 0) is 36.3 Å². The maximum atomic E-state index is 9.44. The van der Waals surface area contributed by atoms with Crippen molar-refractivity contribution in [3.8, 4) is 5.75 Å². The number of ether oxygens (including phenoxy) is 2. The summed E-state index contributed by atoms with van der Waals surface area (Å²) in [6, 6.07) is 7.63. The van der Waals surface area contributed by atoms with Crippen LogP contribution >= 0.6 is 11.6 Å². The summed E-state index contributed by atoms with van der Waals surface area (Å²) in [6.07, 6.45) is 4.13. The van der Waals surface area contributed by atoms with Gasteiger partial charge in [0.15, 0.2) is 0 Å². The Kier molecular flexibility index (Phi) is 10.3. The van der Waals surface area contributed by atoms with E-state index in [1.54, 1.807) is 6.08 Å². The SMILES string of the molecule is C=C(/C=C\C(=C/C)C(C)(C)c1ccc(OCC(O)CO)cc1)OCC(O)CCl. The van der Waals surface area contributed by atoms with Crippen LogP contribution in [-0.2, 0) is 10.2 Å². The molecule has 0 aliphatic rings. The van der Waals surface area contributed by atoms with E-state index < -0.39 is 12.2 Å². The van der Waals surface area contributed by atoms with Crippen molar-refractivity contribution in [3.63, 3.8) is 0 Å². The van der Waals surface area contributed by atoms with Gasteiger partial charge in [0.1, 0.15) is 36.9 Å². The molecule has 1 rings (SSSR count). The van der Waals surface area contributed by atoms with Crippen LogP contribution in [0.1, 0.15) is 26.3 Å². The van der Waals surface area contributed by atoms with Crippen LogP contribution in [-0.4, -0.2) is 53.2 Å². The lowest BCUT2D eigenvalue weighted by Crippen LogP contribution is -2.21. The van der Waals surface area contributed by atoms with Crippen LogP contribution in [0.2, 0.25) is 0 Å². The molecule has 28 heavy (non-hydrogen) atoms. The predicted octanol–water partition coefficient (Wildman–Crippen LogP) is 3.33. The van der Waals surface area contributed by atoms with Gasteiger partial charge < -0.3 is 24.8 Å². The largest absolute Gasteiger partial charge is 0.491 e. The Morgan fingerprint density at radius 2 is 1.79 bits per heavy atom. The van der Waals surface area contributed by atoms with E-state index in [1.807, 2.05) is 43.3 Å². The van der Waals surface area contributed by atoms with E-state index in [9.17, 15) is 10.2 Å². The molecule has 3 N–H and O–H groups in total. The molecular formula is C22H31ClO5. The lowest BCUT2D eigenvalue weighted by atomic mass is 9.77. The molecule has 1 aromatic carbocycles. The molecule has 0 aliphatic heterocycles. The number of allylic oxidation sites excluding steroid dienone is 4. The summed E-state index contributed by atoms with van der Waals surface area (Å²) < 4.78 is 10.8. The second kappa shape index (κ2) is 11.9. The zero-order chi connectivity index (χ0) is 21.2. The van der Waals surface area contributed by atoms with Crippen LogP contribution < -0.4 is 4.74 Å². The number of aliphatic hydroxyl groups is 3. The second-order valence-corrected chi connectivity index (χ2v) is 7.27. The molecule has 0 saturated heterocycles. The van der Waals surface area contributed by atoms with Crippen molar-refractivity contribution < 1.29 is 24.8 Å². The Bertz CT molecular complexity index is 664. The molecule has 2 atom stereocenters. The van der Waals surface area contributed by atoms with E-state index in [-0.39, 0.29) is 31.1 Å². The highest BCUT2D eigenvalue weighted by atomic mass is 35.5. The van der Waals surface area contributed by atoms with Crippen LogP contribution in [0, 0.1) is 0 Å². The van der Waals surface area contributed by atoms with Crippen molar-refractivity contribution in [2.75, 3.05) is 25.7 Å². The summed E-state index contributed by atoms with van der Waals surface area (Å²) in [7, 11) is 0. The minimum atomic E-state index is -0.892. The molecule has 0 amide bonds. The van der Waals surface area contributed by atoms with Crippen LogP contribution in [0.15, 0.2) is 60.4 Å². The van der Waals surface area contributed by atoms with E-state index in [0.29, 0.717) is 11.5 Å². The van der Waals surface area contributed by atoms with Crippen LogP contribution in [0.25, 0.3) is 0 Å². The molecule has 0 heterocycles. The Morgan fingerprint density at radius 3 is 2.32 bits per heavy atom. The zero-order valence-corrected chi connectivity index (χ0v) is 17.5. The van der Waals surface area contributed by atoms with Gasteiger partial charge in [0.05, 0.1) is 12.5 Å². The van der Waals surface area contributed by atoms with Gasteiger partial charge in [-0.15, -0.1) is 11.6 Å². The average Bonchev–Trinajstić information content (AvgIpc) is 2.70. The summed E-state index contributed by atoms with van der Waals surface area (Å²) in [5.41, 5.74) is 1.88. The fraction of sp³-hybridized carbons (Fsp3) is 0.455. The van der Waals surface area contributed by atoms with Crippen LogP contribution in [0.3, 0.4) is 0 Å². The summed E-state index contributed by atoms with van der Waals surface area (Å²) >= 11 is 5.55. The Hall–Kier alpha value is -1.79. The number of benzene rings is 1. The molecule has 0 bridgehead atoms. The standard InChI is InChI=1S/C22H31ClO5/c1-5-17(7-6-16(2)27-14-19(25)12-23)22(3,4)18-8-10-21(11-9-18)28-15-20(26)13-24/h5-11,19-20,24-26H,2,12-15H2,1,3-4H3/b7-6-,17-5+. The molecule has 5 nitrogen and oxygen atoms in total. The normalized spacial score (nSPS) is 14.8. The maximum absolute atomic E-state index is 9.44. The number of hydrogen-bond donors (Lipinski definition) is 3. The first-order valence-electron chi connectivity index (χ1n) is 9.17. The van der Waals surface area contributed by atoms with Crippen molar-refractivity contribution >= 4 is 11.6 Å². The fourth-order valence-electron chi connectivity index (χ4n) is 2.52. The Labute approximate surface area is 172 Å². The van der Waals surface area contributed by atoms with Gasteiger partial charge in [-0.3, -0.25) is 0 Å². The summed E-state index contributed by atoms with van der Waals surface area (Å²) in [5, 5.41) is 27.6. The molecule has 6 heteroatoms. The second-order valence-electron chi connectivity index (χ2n) is 6.96. The minimum absolute atomic E-state index is 0.0443. The van der Waals surface area contributed by atoms with Crippen molar-refractivity contribution in [1.82, 2.24) is 0 Å². The summed E-state index contributed by atoms with van der Waals surface area (Å²) in [6.45, 7) is 9.84. The Balaban J connectivity index is 2.79. The van der Waals surface area contributed by atoms with Crippen molar-refractivity contribution in [2.45, 2.75) is 38.4 Å². The first-order chi connectivity index (χ1) is 13.2. The number of hydrogen-bond acceptors (Lipinski definition) is 5. The first-order valence-corrected chi connectivity index (χ1v) is 9.70. The third-order valence-electron chi connectivity index (χ3n) is 4.35. The fourth-order valence-corrected chi connectivity index (χ4v) is 2.61. The maximum Gasteiger partial charge on any atom is 0.119 e. The number of aliphatic hydroxyl groups excluding tert-OH is 3. The zero-order valence-electron chi connectivity index (χ0n) is 16.8. The van der Waals surface area contributed by atoms with E-state index in [4.69, 9.17) is 26.2 Å². The highest BCUT2D eigenvalue weighted by molar-refractivity contribution is 6.18. The molecule has 2 unspecified atom stereocenters. The molecule has 156 valence electrons. The first kappa shape index (κ1) is 24.2. The van der Waals surface area contributed by atoms with Crippen molar-refractivity contribution in [1.29, 1.82) is 0 Å². The van der Waals surface area contributed by atoms with E-state index in [2.05, 4.69) is 20.4 Å². The average molecular weight is 411 g/mol.